The summed E-state index contributed by atoms with van der Waals surface area (Å²) in [4.78, 5) is 12.4. The van der Waals surface area contributed by atoms with E-state index >= 15 is 0 Å². The number of halogens is 2. The molecule has 0 radical (unpaired) electrons. The zero-order valence-electron chi connectivity index (χ0n) is 9.64. The fraction of sp³-hybridized carbons (Fsp3) is 0.417. The van der Waals surface area contributed by atoms with Gasteiger partial charge in [0.15, 0.2) is 0 Å². The van der Waals surface area contributed by atoms with Gasteiger partial charge in [-0.3, -0.25) is 0 Å². The molecule has 4 nitrogen and oxygen atoms in total. The maximum Gasteiger partial charge on any atom is 0.407 e. The Bertz CT molecular complexity index is 469. The van der Waals surface area contributed by atoms with Crippen LogP contribution in [0.4, 0.5) is 9.18 Å². The van der Waals surface area contributed by atoms with Crippen LogP contribution in [0.5, 0.6) is 0 Å². The highest BCUT2D eigenvalue weighted by atomic mass is 79.9. The first-order valence-corrected chi connectivity index (χ1v) is 6.48. The third kappa shape index (κ3) is 2.49. The van der Waals surface area contributed by atoms with Crippen LogP contribution >= 0.6 is 15.9 Å². The Labute approximate surface area is 113 Å². The first kappa shape index (κ1) is 13.3. The van der Waals surface area contributed by atoms with Crippen molar-refractivity contribution in [3.05, 3.63) is 34.1 Å². The molecule has 1 aromatic rings. The summed E-state index contributed by atoms with van der Waals surface area (Å²) in [6, 6.07) is 4.41. The van der Waals surface area contributed by atoms with E-state index in [2.05, 4.69) is 15.9 Å². The zero-order valence-corrected chi connectivity index (χ0v) is 11.2. The molecule has 1 saturated heterocycles. The Kier molecular flexibility index (Phi) is 3.87. The van der Waals surface area contributed by atoms with E-state index in [9.17, 15) is 9.18 Å². The third-order valence-corrected chi connectivity index (χ3v) is 3.92. The summed E-state index contributed by atoms with van der Waals surface area (Å²) in [6.07, 6.45) is -0.0749. The van der Waals surface area contributed by atoms with Crippen molar-refractivity contribution >= 4 is 22.0 Å². The maximum absolute atomic E-state index is 13.9. The van der Waals surface area contributed by atoms with Crippen LogP contribution in [0.2, 0.25) is 0 Å². The van der Waals surface area contributed by atoms with Gasteiger partial charge in [0.25, 0.3) is 0 Å². The minimum absolute atomic E-state index is 0.237. The molecule has 2 rings (SSSR count). The molecule has 1 heterocycles. The van der Waals surface area contributed by atoms with Gasteiger partial charge < -0.3 is 15.7 Å². The Morgan fingerprint density at radius 1 is 1.61 bits per heavy atom. The van der Waals surface area contributed by atoms with Crippen LogP contribution < -0.4 is 5.73 Å². The van der Waals surface area contributed by atoms with Crippen molar-refractivity contribution in [1.82, 2.24) is 4.90 Å². The Morgan fingerprint density at radius 2 is 2.33 bits per heavy atom. The van der Waals surface area contributed by atoms with Gasteiger partial charge in [0.1, 0.15) is 5.82 Å². The van der Waals surface area contributed by atoms with E-state index in [1.807, 2.05) is 0 Å². The lowest BCUT2D eigenvalue weighted by Gasteiger charge is -2.24. The van der Waals surface area contributed by atoms with Gasteiger partial charge >= 0.3 is 6.09 Å². The lowest BCUT2D eigenvalue weighted by atomic mass is 10.0. The van der Waals surface area contributed by atoms with Crippen molar-refractivity contribution in [2.45, 2.75) is 24.9 Å². The fourth-order valence-electron chi connectivity index (χ4n) is 2.31. The van der Waals surface area contributed by atoms with Crippen LogP contribution in [-0.2, 0) is 6.42 Å². The number of nitrogens with zero attached hydrogens (tertiary/aromatic N) is 1. The number of carboxylic acid groups (broad SMARTS) is 1. The lowest BCUT2D eigenvalue weighted by Crippen LogP contribution is -2.43. The molecule has 0 saturated carbocycles. The van der Waals surface area contributed by atoms with Gasteiger partial charge in [-0.05, 0) is 40.4 Å². The summed E-state index contributed by atoms with van der Waals surface area (Å²) >= 11 is 3.12. The van der Waals surface area contributed by atoms with E-state index in [1.54, 1.807) is 18.2 Å². The normalized spacial score (nSPS) is 23.4. The lowest BCUT2D eigenvalue weighted by molar-refractivity contribution is 0.138. The van der Waals surface area contributed by atoms with Crippen molar-refractivity contribution in [3.8, 4) is 0 Å². The Hall–Kier alpha value is -1.14. The van der Waals surface area contributed by atoms with Crippen LogP contribution in [0.3, 0.4) is 0 Å². The molecule has 0 spiro atoms. The second-order valence-corrected chi connectivity index (χ2v) is 5.27. The molecule has 98 valence electrons. The van der Waals surface area contributed by atoms with Crippen LogP contribution in [0.15, 0.2) is 22.7 Å². The van der Waals surface area contributed by atoms with E-state index in [-0.39, 0.29) is 17.9 Å². The summed E-state index contributed by atoms with van der Waals surface area (Å²) in [5, 5.41) is 9.07. The first-order chi connectivity index (χ1) is 8.50. The van der Waals surface area contributed by atoms with E-state index in [0.29, 0.717) is 29.4 Å². The van der Waals surface area contributed by atoms with Crippen LogP contribution in [-0.4, -0.2) is 34.7 Å². The number of hydrogen-bond acceptors (Lipinski definition) is 2. The number of carbonyl (C=O) groups is 1. The molecule has 1 amide bonds. The molecule has 1 aliphatic heterocycles. The van der Waals surface area contributed by atoms with E-state index < -0.39 is 6.09 Å². The molecule has 3 N–H and O–H groups in total. The molecule has 2 atom stereocenters. The average Bonchev–Trinajstić information content (AvgIpc) is 2.67. The molecule has 0 bridgehead atoms. The highest BCUT2D eigenvalue weighted by Crippen LogP contribution is 2.24. The smallest absolute Gasteiger partial charge is 0.407 e. The number of amides is 1. The Balaban J connectivity index is 2.21. The van der Waals surface area contributed by atoms with E-state index in [0.717, 1.165) is 0 Å². The number of benzene rings is 1. The number of nitrogens with two attached hydrogens (primary N) is 1. The second-order valence-electron chi connectivity index (χ2n) is 4.41. The molecule has 0 unspecified atom stereocenters. The Morgan fingerprint density at radius 3 is 3.00 bits per heavy atom. The monoisotopic (exact) mass is 316 g/mol. The van der Waals surface area contributed by atoms with Gasteiger partial charge in [-0.25, -0.2) is 9.18 Å². The highest BCUT2D eigenvalue weighted by Gasteiger charge is 2.35. The summed E-state index contributed by atoms with van der Waals surface area (Å²) in [5.74, 6) is -0.345. The summed E-state index contributed by atoms with van der Waals surface area (Å²) in [6.45, 7) is 0.413. The average molecular weight is 317 g/mol. The minimum atomic E-state index is -0.997. The molecule has 18 heavy (non-hydrogen) atoms. The molecule has 0 aromatic heterocycles. The molecule has 6 heteroatoms. The van der Waals surface area contributed by atoms with Crippen molar-refractivity contribution in [2.24, 2.45) is 5.73 Å². The van der Waals surface area contributed by atoms with Gasteiger partial charge in [0.2, 0.25) is 0 Å². The van der Waals surface area contributed by atoms with E-state index in [4.69, 9.17) is 10.8 Å². The first-order valence-electron chi connectivity index (χ1n) is 5.68. The largest absolute Gasteiger partial charge is 0.465 e. The third-order valence-electron chi connectivity index (χ3n) is 3.30. The molecule has 0 aliphatic carbocycles. The van der Waals surface area contributed by atoms with Gasteiger partial charge in [-0.15, -0.1) is 0 Å². The van der Waals surface area contributed by atoms with Crippen molar-refractivity contribution in [1.29, 1.82) is 0 Å². The number of rotatable bonds is 2. The molecule has 1 aliphatic rings. The van der Waals surface area contributed by atoms with Crippen LogP contribution in [0.25, 0.3) is 0 Å². The highest BCUT2D eigenvalue weighted by molar-refractivity contribution is 9.10. The van der Waals surface area contributed by atoms with Crippen LogP contribution in [0, 0.1) is 5.82 Å². The topological polar surface area (TPSA) is 66.6 Å². The van der Waals surface area contributed by atoms with Gasteiger partial charge in [0.05, 0.1) is 10.5 Å². The molecular formula is C12H14BrFN2O2. The summed E-state index contributed by atoms with van der Waals surface area (Å²) in [5.41, 5.74) is 6.39. The minimum Gasteiger partial charge on any atom is -0.465 e. The maximum atomic E-state index is 13.9. The summed E-state index contributed by atoms with van der Waals surface area (Å²) < 4.78 is 14.2. The number of likely N-dealkylation sites (tertiary alicyclic amines) is 1. The summed E-state index contributed by atoms with van der Waals surface area (Å²) in [7, 11) is 0. The number of hydrogen-bond donors (Lipinski definition) is 2. The van der Waals surface area contributed by atoms with Crippen molar-refractivity contribution in [3.63, 3.8) is 0 Å². The van der Waals surface area contributed by atoms with Gasteiger partial charge in [-0.2, -0.15) is 0 Å². The van der Waals surface area contributed by atoms with Gasteiger partial charge in [-0.1, -0.05) is 12.1 Å². The SMILES string of the molecule is N[C@H]1CCN(C(=O)O)[C@H]1Cc1cccc(Br)c1F. The standard InChI is InChI=1S/C12H14BrFN2O2/c13-8-3-1-2-7(11(8)14)6-10-9(15)4-5-16(10)12(17)18/h1-3,9-10H,4-6,15H2,(H,17,18)/t9-,10-/m0/s1. The van der Waals surface area contributed by atoms with Gasteiger partial charge in [0, 0.05) is 12.6 Å². The predicted octanol–water partition coefficient (Wildman–Crippen LogP) is 2.21. The van der Waals surface area contributed by atoms with Crippen molar-refractivity contribution < 1.29 is 14.3 Å². The quantitative estimate of drug-likeness (QED) is 0.879. The zero-order chi connectivity index (χ0) is 13.3. The van der Waals surface area contributed by atoms with Crippen molar-refractivity contribution in [2.75, 3.05) is 6.54 Å². The fourth-order valence-corrected chi connectivity index (χ4v) is 2.72. The molecule has 1 aromatic carbocycles. The second kappa shape index (κ2) is 5.24. The molecule has 1 fully saturated rings. The van der Waals surface area contributed by atoms with Crippen LogP contribution in [0.1, 0.15) is 12.0 Å². The van der Waals surface area contributed by atoms with E-state index in [1.165, 1.54) is 4.90 Å². The predicted molar refractivity (Wildman–Crippen MR) is 68.9 cm³/mol. The molecular weight excluding hydrogens is 303 g/mol.